The maximum absolute atomic E-state index is 13.6. The lowest BCUT2D eigenvalue weighted by atomic mass is 10.0. The second-order valence-electron chi connectivity index (χ2n) is 9.07. The van der Waals surface area contributed by atoms with Gasteiger partial charge in [-0.3, -0.25) is 18.7 Å². The molecule has 4 aromatic rings. The van der Waals surface area contributed by atoms with E-state index in [-0.39, 0.29) is 17.7 Å². The van der Waals surface area contributed by atoms with Gasteiger partial charge in [-0.25, -0.2) is 9.52 Å². The molecular formula is C25H24ClN5O6S. The molecule has 0 saturated heterocycles. The van der Waals surface area contributed by atoms with Gasteiger partial charge in [0.1, 0.15) is 5.75 Å². The summed E-state index contributed by atoms with van der Waals surface area (Å²) in [6.07, 6.45) is 0.970. The van der Waals surface area contributed by atoms with Crippen LogP contribution in [0.5, 0.6) is 5.75 Å². The number of aromatic nitrogens is 4. The number of nitrogens with one attached hydrogen (secondary N) is 1. The van der Waals surface area contributed by atoms with Gasteiger partial charge >= 0.3 is 5.69 Å². The molecule has 1 amide bonds. The highest BCUT2D eigenvalue weighted by atomic mass is 35.5. The Bertz CT molecular complexity index is 1820. The molecule has 0 radical (unpaired) electrons. The zero-order chi connectivity index (χ0) is 27.4. The Kier molecular flexibility index (Phi) is 6.40. The number of imidazole rings is 1. The van der Waals surface area contributed by atoms with Crippen LogP contribution in [0.2, 0.25) is 5.02 Å². The molecule has 1 unspecified atom stereocenters. The minimum atomic E-state index is -4.56. The van der Waals surface area contributed by atoms with Crippen LogP contribution in [-0.2, 0) is 41.9 Å². The lowest BCUT2D eigenvalue weighted by molar-refractivity contribution is -0.120. The summed E-state index contributed by atoms with van der Waals surface area (Å²) in [5.74, 6) is -0.785. The number of amides is 1. The van der Waals surface area contributed by atoms with Crippen LogP contribution >= 0.6 is 11.6 Å². The minimum Gasteiger partial charge on any atom is -0.496 e. The summed E-state index contributed by atoms with van der Waals surface area (Å²) in [4.78, 5) is 43.1. The van der Waals surface area contributed by atoms with Crippen LogP contribution in [-0.4, -0.2) is 40.1 Å². The van der Waals surface area contributed by atoms with E-state index >= 15 is 0 Å². The summed E-state index contributed by atoms with van der Waals surface area (Å²) in [5.41, 5.74) is 0.606. The molecule has 1 N–H and O–H groups in total. The highest BCUT2D eigenvalue weighted by molar-refractivity contribution is 7.89. The van der Waals surface area contributed by atoms with Gasteiger partial charge < -0.3 is 9.30 Å². The Morgan fingerprint density at radius 2 is 1.84 bits per heavy atom. The molecule has 0 fully saturated rings. The first-order valence-electron chi connectivity index (χ1n) is 11.7. The highest BCUT2D eigenvalue weighted by Gasteiger charge is 2.35. The lowest BCUT2D eigenvalue weighted by Gasteiger charge is -2.14. The highest BCUT2D eigenvalue weighted by Crippen LogP contribution is 2.38. The number of ether oxygens (including phenoxy) is 1. The Hall–Kier alpha value is -3.90. The summed E-state index contributed by atoms with van der Waals surface area (Å²) in [7, 11) is -0.338. The molecule has 5 rings (SSSR count). The average molecular weight is 558 g/mol. The minimum absolute atomic E-state index is 0.0744. The molecule has 198 valence electrons. The van der Waals surface area contributed by atoms with Crippen molar-refractivity contribution in [2.45, 2.75) is 30.5 Å². The fourth-order valence-electron chi connectivity index (χ4n) is 4.88. The summed E-state index contributed by atoms with van der Waals surface area (Å²) < 4.78 is 37.9. The first-order chi connectivity index (χ1) is 18.0. The maximum atomic E-state index is 13.6. The van der Waals surface area contributed by atoms with E-state index in [1.165, 1.54) is 25.8 Å². The normalized spacial score (nSPS) is 15.0. The molecule has 2 aromatic carbocycles. The number of sulfonamides is 1. The number of methoxy groups -OCH3 is 1. The van der Waals surface area contributed by atoms with Gasteiger partial charge in [-0.05, 0) is 47.7 Å². The van der Waals surface area contributed by atoms with Gasteiger partial charge in [-0.1, -0.05) is 35.9 Å². The fourth-order valence-corrected chi connectivity index (χ4v) is 6.16. The van der Waals surface area contributed by atoms with E-state index in [4.69, 9.17) is 16.3 Å². The monoisotopic (exact) mass is 557 g/mol. The summed E-state index contributed by atoms with van der Waals surface area (Å²) >= 11 is 5.99. The number of carbonyl (C=O) groups excluding carboxylic acids is 1. The third kappa shape index (κ3) is 4.19. The number of hydrogen-bond donors (Lipinski definition) is 1. The zero-order valence-corrected chi connectivity index (χ0v) is 22.3. The Morgan fingerprint density at radius 3 is 2.53 bits per heavy atom. The number of carbonyl (C=O) groups is 1. The van der Waals surface area contributed by atoms with Crippen molar-refractivity contribution in [1.82, 2.24) is 23.4 Å². The predicted molar refractivity (Wildman–Crippen MR) is 140 cm³/mol. The van der Waals surface area contributed by atoms with E-state index in [1.54, 1.807) is 42.5 Å². The van der Waals surface area contributed by atoms with Gasteiger partial charge in [0.25, 0.3) is 20.7 Å². The molecule has 0 bridgehead atoms. The van der Waals surface area contributed by atoms with Crippen LogP contribution in [0, 0.1) is 0 Å². The third-order valence-electron chi connectivity index (χ3n) is 6.81. The maximum Gasteiger partial charge on any atom is 0.332 e. The smallest absolute Gasteiger partial charge is 0.332 e. The molecule has 1 atom stereocenters. The molecule has 0 spiro atoms. The van der Waals surface area contributed by atoms with Crippen molar-refractivity contribution in [3.8, 4) is 5.75 Å². The van der Waals surface area contributed by atoms with E-state index < -0.39 is 38.3 Å². The van der Waals surface area contributed by atoms with Gasteiger partial charge in [0, 0.05) is 19.1 Å². The molecule has 2 aromatic heterocycles. The fraction of sp³-hybridized carbons (Fsp3) is 0.280. The number of halogens is 1. The first-order valence-corrected chi connectivity index (χ1v) is 13.5. The molecule has 0 aliphatic heterocycles. The largest absolute Gasteiger partial charge is 0.496 e. The van der Waals surface area contributed by atoms with E-state index in [0.29, 0.717) is 34.7 Å². The van der Waals surface area contributed by atoms with Crippen LogP contribution in [0.15, 0.2) is 57.2 Å². The van der Waals surface area contributed by atoms with Gasteiger partial charge in [0.2, 0.25) is 5.91 Å². The molecule has 1 aliphatic rings. The van der Waals surface area contributed by atoms with Gasteiger partial charge in [-0.15, -0.1) is 0 Å². The van der Waals surface area contributed by atoms with Crippen LogP contribution in [0.25, 0.3) is 11.2 Å². The van der Waals surface area contributed by atoms with Gasteiger partial charge in [0.15, 0.2) is 11.2 Å². The second-order valence-corrected chi connectivity index (χ2v) is 11.1. The van der Waals surface area contributed by atoms with Crippen LogP contribution < -0.4 is 20.7 Å². The quantitative estimate of drug-likeness (QED) is 0.381. The van der Waals surface area contributed by atoms with Crippen molar-refractivity contribution in [3.05, 3.63) is 85.0 Å². The van der Waals surface area contributed by atoms with Crippen molar-refractivity contribution < 1.29 is 17.9 Å². The molecule has 11 nitrogen and oxygen atoms in total. The lowest BCUT2D eigenvalue weighted by Crippen LogP contribution is -2.38. The van der Waals surface area contributed by atoms with Crippen molar-refractivity contribution in [1.29, 1.82) is 0 Å². The topological polar surface area (TPSA) is 134 Å². The Balaban J connectivity index is 1.61. The van der Waals surface area contributed by atoms with E-state index in [2.05, 4.69) is 9.71 Å². The Morgan fingerprint density at radius 1 is 1.13 bits per heavy atom. The summed E-state index contributed by atoms with van der Waals surface area (Å²) in [5, 5.41) is -0.0749. The molecule has 2 heterocycles. The van der Waals surface area contributed by atoms with Crippen molar-refractivity contribution in [3.63, 3.8) is 0 Å². The average Bonchev–Trinajstić information content (AvgIpc) is 3.50. The molecule has 13 heteroatoms. The zero-order valence-electron chi connectivity index (χ0n) is 20.8. The standard InChI is InChI=1S/C25H24ClN5O6S/c1-29-21-20(23(33)30(2)25(29)34)31(13-14-7-9-15(26)10-8-14)24(27-21)38(35,36)28-22(32)18-12-11-17-16(18)5-4-6-19(17)37-3/h4-10,18H,11-13H2,1-3H3,(H,28,32). The Labute approximate surface area is 222 Å². The number of hydrogen-bond acceptors (Lipinski definition) is 7. The molecule has 38 heavy (non-hydrogen) atoms. The summed E-state index contributed by atoms with van der Waals surface area (Å²) in [6, 6.07) is 11.9. The number of aryl methyl sites for hydroxylation is 1. The van der Waals surface area contributed by atoms with Crippen LogP contribution in [0.3, 0.4) is 0 Å². The van der Waals surface area contributed by atoms with Gasteiger partial charge in [-0.2, -0.15) is 13.4 Å². The van der Waals surface area contributed by atoms with Crippen molar-refractivity contribution in [2.24, 2.45) is 14.1 Å². The summed E-state index contributed by atoms with van der Waals surface area (Å²) in [6.45, 7) is -0.0744. The molecule has 0 saturated carbocycles. The van der Waals surface area contributed by atoms with E-state index in [1.807, 2.05) is 0 Å². The first kappa shape index (κ1) is 25.7. The van der Waals surface area contributed by atoms with Gasteiger partial charge in [0.05, 0.1) is 19.6 Å². The van der Waals surface area contributed by atoms with Crippen LogP contribution in [0.4, 0.5) is 0 Å². The third-order valence-corrected chi connectivity index (χ3v) is 8.32. The molecular weight excluding hydrogens is 534 g/mol. The SMILES string of the molecule is COc1cccc2c1CCC2C(=O)NS(=O)(=O)c1nc2c(c(=O)n(C)c(=O)n2C)n1Cc1ccc(Cl)cc1. The number of rotatable bonds is 6. The van der Waals surface area contributed by atoms with Crippen molar-refractivity contribution >= 4 is 38.7 Å². The van der Waals surface area contributed by atoms with Crippen LogP contribution in [0.1, 0.15) is 29.0 Å². The van der Waals surface area contributed by atoms with E-state index in [9.17, 15) is 22.8 Å². The van der Waals surface area contributed by atoms with E-state index in [0.717, 1.165) is 14.7 Å². The molecule has 1 aliphatic carbocycles. The number of nitrogens with zero attached hydrogens (tertiary/aromatic N) is 4. The number of fused-ring (bicyclic) bond motifs is 2. The number of benzene rings is 2. The predicted octanol–water partition coefficient (Wildman–Crippen LogP) is 1.68. The second kappa shape index (κ2) is 9.44. The van der Waals surface area contributed by atoms with Crippen molar-refractivity contribution in [2.75, 3.05) is 7.11 Å².